The summed E-state index contributed by atoms with van der Waals surface area (Å²) in [7, 11) is 0. The van der Waals surface area contributed by atoms with Crippen LogP contribution in [0.25, 0.3) is 0 Å². The average Bonchev–Trinajstić information content (AvgIpc) is 2.70. The molecule has 0 saturated carbocycles. The molecular weight excluding hydrogens is 366 g/mol. The van der Waals surface area contributed by atoms with Crippen LogP contribution in [-0.2, 0) is 14.4 Å². The van der Waals surface area contributed by atoms with Crippen LogP contribution in [0.15, 0.2) is 59.7 Å². The third-order valence-electron chi connectivity index (χ3n) is 3.22. The van der Waals surface area contributed by atoms with Gasteiger partial charge in [-0.15, -0.1) is 0 Å². The van der Waals surface area contributed by atoms with Crippen LogP contribution in [0.1, 0.15) is 5.56 Å². The maximum absolute atomic E-state index is 11.7. The van der Waals surface area contributed by atoms with E-state index in [0.717, 1.165) is 0 Å². The van der Waals surface area contributed by atoms with Crippen molar-refractivity contribution in [3.05, 3.63) is 60.2 Å². The van der Waals surface area contributed by atoms with Crippen molar-refractivity contribution in [1.82, 2.24) is 10.7 Å². The zero-order valence-electron chi connectivity index (χ0n) is 14.8. The fourth-order valence-corrected chi connectivity index (χ4v) is 1.97. The summed E-state index contributed by atoms with van der Waals surface area (Å²) in [6, 6.07) is 15.4. The number of carboxylic acids is 1. The van der Waals surface area contributed by atoms with Crippen molar-refractivity contribution >= 4 is 24.0 Å². The summed E-state index contributed by atoms with van der Waals surface area (Å²) in [6.45, 7) is -0.978. The summed E-state index contributed by atoms with van der Waals surface area (Å²) in [6.07, 6.45) is 1.31. The van der Waals surface area contributed by atoms with Crippen LogP contribution in [0.5, 0.6) is 11.5 Å². The number of carbonyl (C=O) groups is 3. The van der Waals surface area contributed by atoms with Gasteiger partial charge in [-0.2, -0.15) is 5.10 Å². The van der Waals surface area contributed by atoms with E-state index in [9.17, 15) is 14.4 Å². The molecule has 0 aliphatic carbocycles. The van der Waals surface area contributed by atoms with Crippen LogP contribution in [0, 0.1) is 0 Å². The first-order valence-electron chi connectivity index (χ1n) is 8.24. The van der Waals surface area contributed by atoms with Crippen LogP contribution in [0.3, 0.4) is 0 Å². The Morgan fingerprint density at radius 2 is 1.64 bits per heavy atom. The summed E-state index contributed by atoms with van der Waals surface area (Å²) in [5.74, 6) is -1.22. The lowest BCUT2D eigenvalue weighted by Gasteiger charge is -2.07. The van der Waals surface area contributed by atoms with Gasteiger partial charge in [-0.25, -0.2) is 10.2 Å². The molecule has 2 rings (SSSR count). The molecule has 2 aromatic carbocycles. The van der Waals surface area contributed by atoms with Crippen LogP contribution in [0.2, 0.25) is 0 Å². The number of nitrogens with zero attached hydrogens (tertiary/aromatic N) is 1. The Morgan fingerprint density at radius 1 is 0.929 bits per heavy atom. The second kappa shape index (κ2) is 11.0. The van der Waals surface area contributed by atoms with E-state index in [1.807, 2.05) is 6.07 Å². The second-order valence-corrected chi connectivity index (χ2v) is 5.39. The first kappa shape index (κ1) is 20.4. The van der Waals surface area contributed by atoms with Crippen molar-refractivity contribution < 1.29 is 29.0 Å². The number of para-hydroxylation sites is 2. The van der Waals surface area contributed by atoms with Gasteiger partial charge >= 0.3 is 5.97 Å². The zero-order chi connectivity index (χ0) is 20.2. The molecule has 9 nitrogen and oxygen atoms in total. The van der Waals surface area contributed by atoms with Crippen LogP contribution in [0.4, 0.5) is 0 Å². The van der Waals surface area contributed by atoms with E-state index in [2.05, 4.69) is 15.8 Å². The predicted octanol–water partition coefficient (Wildman–Crippen LogP) is 0.795. The maximum Gasteiger partial charge on any atom is 0.341 e. The first-order chi connectivity index (χ1) is 13.5. The molecule has 0 atom stereocenters. The molecule has 0 aliphatic rings. The van der Waals surface area contributed by atoms with Gasteiger partial charge in [0.1, 0.15) is 11.5 Å². The van der Waals surface area contributed by atoms with Gasteiger partial charge in [0.15, 0.2) is 13.2 Å². The highest BCUT2D eigenvalue weighted by Gasteiger charge is 2.06. The molecule has 0 unspecified atom stereocenters. The Morgan fingerprint density at radius 3 is 2.39 bits per heavy atom. The van der Waals surface area contributed by atoms with E-state index < -0.39 is 24.4 Å². The van der Waals surface area contributed by atoms with Crippen LogP contribution in [-0.4, -0.2) is 48.9 Å². The standard InChI is InChI=1S/C19H19N3O6/c23-17(11-20-18(24)12-27-15-7-2-1-3-8-15)22-21-10-14-6-4-5-9-16(14)28-13-19(25)26/h1-10H,11-13H2,(H,20,24)(H,22,23)(H,25,26)/b21-10+. The fourth-order valence-electron chi connectivity index (χ4n) is 1.97. The maximum atomic E-state index is 11.7. The van der Waals surface area contributed by atoms with E-state index >= 15 is 0 Å². The molecule has 0 bridgehead atoms. The molecular formula is C19H19N3O6. The topological polar surface area (TPSA) is 126 Å². The van der Waals surface area contributed by atoms with Gasteiger partial charge < -0.3 is 19.9 Å². The highest BCUT2D eigenvalue weighted by molar-refractivity contribution is 5.87. The highest BCUT2D eigenvalue weighted by Crippen LogP contribution is 2.15. The molecule has 0 spiro atoms. The molecule has 28 heavy (non-hydrogen) atoms. The Labute approximate surface area is 161 Å². The summed E-state index contributed by atoms with van der Waals surface area (Å²) in [5, 5.41) is 14.8. The summed E-state index contributed by atoms with van der Waals surface area (Å²) < 4.78 is 10.4. The number of aliphatic carboxylic acids is 1. The fraction of sp³-hybridized carbons (Fsp3) is 0.158. The van der Waals surface area contributed by atoms with Gasteiger partial charge in [0.25, 0.3) is 11.8 Å². The van der Waals surface area contributed by atoms with Crippen LogP contribution >= 0.6 is 0 Å². The molecule has 0 aromatic heterocycles. The normalized spacial score (nSPS) is 10.3. The van der Waals surface area contributed by atoms with Gasteiger partial charge in [0, 0.05) is 5.56 Å². The minimum atomic E-state index is -1.10. The summed E-state index contributed by atoms with van der Waals surface area (Å²) in [5.41, 5.74) is 2.75. The number of rotatable bonds is 10. The van der Waals surface area contributed by atoms with Gasteiger partial charge in [-0.3, -0.25) is 9.59 Å². The molecule has 0 aliphatic heterocycles. The number of nitrogens with one attached hydrogen (secondary N) is 2. The first-order valence-corrected chi connectivity index (χ1v) is 8.24. The lowest BCUT2D eigenvalue weighted by atomic mass is 10.2. The van der Waals surface area contributed by atoms with Crippen molar-refractivity contribution in [2.45, 2.75) is 0 Å². The third-order valence-corrected chi connectivity index (χ3v) is 3.22. The van der Waals surface area contributed by atoms with E-state index in [1.54, 1.807) is 48.5 Å². The number of benzene rings is 2. The Bertz CT molecular complexity index is 839. The second-order valence-electron chi connectivity index (χ2n) is 5.39. The van der Waals surface area contributed by atoms with Crippen molar-refractivity contribution in [3.8, 4) is 11.5 Å². The number of hydrogen-bond donors (Lipinski definition) is 3. The number of amides is 2. The molecule has 0 saturated heterocycles. The molecule has 2 amide bonds. The highest BCUT2D eigenvalue weighted by atomic mass is 16.5. The monoisotopic (exact) mass is 385 g/mol. The summed E-state index contributed by atoms with van der Waals surface area (Å²) in [4.78, 5) is 34.0. The van der Waals surface area contributed by atoms with Gasteiger partial charge in [0.2, 0.25) is 0 Å². The largest absolute Gasteiger partial charge is 0.484 e. The van der Waals surface area contributed by atoms with Crippen molar-refractivity contribution in [1.29, 1.82) is 0 Å². The van der Waals surface area contributed by atoms with E-state index in [4.69, 9.17) is 14.6 Å². The Hall–Kier alpha value is -3.88. The van der Waals surface area contributed by atoms with Crippen molar-refractivity contribution in [2.24, 2.45) is 5.10 Å². The number of carbonyl (C=O) groups excluding carboxylic acids is 2. The van der Waals surface area contributed by atoms with Gasteiger partial charge in [-0.1, -0.05) is 30.3 Å². The van der Waals surface area contributed by atoms with Crippen molar-refractivity contribution in [3.63, 3.8) is 0 Å². The number of ether oxygens (including phenoxy) is 2. The minimum Gasteiger partial charge on any atom is -0.484 e. The molecule has 2 aromatic rings. The summed E-state index contributed by atoms with van der Waals surface area (Å²) >= 11 is 0. The van der Waals surface area contributed by atoms with E-state index in [1.165, 1.54) is 6.21 Å². The molecule has 9 heteroatoms. The Balaban J connectivity index is 1.73. The van der Waals surface area contributed by atoms with E-state index in [-0.39, 0.29) is 13.2 Å². The molecule has 3 N–H and O–H groups in total. The number of hydrazone groups is 1. The lowest BCUT2D eigenvalue weighted by molar-refractivity contribution is -0.139. The smallest absolute Gasteiger partial charge is 0.341 e. The average molecular weight is 385 g/mol. The number of hydrogen-bond acceptors (Lipinski definition) is 6. The SMILES string of the molecule is O=C(O)COc1ccccc1/C=N/NC(=O)CNC(=O)COc1ccccc1. The predicted molar refractivity (Wildman–Crippen MR) is 100 cm³/mol. The molecule has 0 heterocycles. The van der Waals surface area contributed by atoms with Gasteiger partial charge in [0.05, 0.1) is 12.8 Å². The minimum absolute atomic E-state index is 0.213. The molecule has 146 valence electrons. The van der Waals surface area contributed by atoms with E-state index in [0.29, 0.717) is 17.1 Å². The zero-order valence-corrected chi connectivity index (χ0v) is 14.8. The molecule has 0 fully saturated rings. The van der Waals surface area contributed by atoms with Crippen LogP contribution < -0.4 is 20.2 Å². The third kappa shape index (κ3) is 7.56. The molecule has 0 radical (unpaired) electrons. The van der Waals surface area contributed by atoms with Crippen molar-refractivity contribution in [2.75, 3.05) is 19.8 Å². The quantitative estimate of drug-likeness (QED) is 0.410. The van der Waals surface area contributed by atoms with Gasteiger partial charge in [-0.05, 0) is 24.3 Å². The Kier molecular flexibility index (Phi) is 8.00. The lowest BCUT2D eigenvalue weighted by Crippen LogP contribution is -2.37. The number of carboxylic acid groups (broad SMARTS) is 1.